The van der Waals surface area contributed by atoms with Crippen molar-refractivity contribution in [2.45, 2.75) is 32.4 Å². The molecule has 6 nitrogen and oxygen atoms in total. The number of likely N-dealkylation sites (tertiary alicyclic amines) is 1. The molecule has 1 aliphatic heterocycles. The van der Waals surface area contributed by atoms with E-state index in [2.05, 4.69) is 17.1 Å². The first-order valence-corrected chi connectivity index (χ1v) is 7.97. The lowest BCUT2D eigenvalue weighted by atomic mass is 10.2. The maximum Gasteiger partial charge on any atom is 0.408 e. The Morgan fingerprint density at radius 2 is 2.13 bits per heavy atom. The largest absolute Gasteiger partial charge is 0.480 e. The van der Waals surface area contributed by atoms with Gasteiger partial charge in [-0.2, -0.15) is 0 Å². The van der Waals surface area contributed by atoms with E-state index in [0.29, 0.717) is 18.9 Å². The molecule has 1 amide bonds. The van der Waals surface area contributed by atoms with Crippen molar-refractivity contribution >= 4 is 12.1 Å². The number of alkyl carbamates (subject to hydrolysis) is 1. The molecular formula is C17H24N2O4. The van der Waals surface area contributed by atoms with Crippen molar-refractivity contribution in [3.05, 3.63) is 35.9 Å². The fourth-order valence-corrected chi connectivity index (χ4v) is 2.71. The molecule has 0 radical (unpaired) electrons. The van der Waals surface area contributed by atoms with Gasteiger partial charge in [0.05, 0.1) is 0 Å². The molecule has 0 saturated carbocycles. The molecule has 6 heteroatoms. The molecule has 2 atom stereocenters. The third-order valence-electron chi connectivity index (χ3n) is 4.04. The Bertz CT molecular complexity index is 521. The molecule has 2 unspecified atom stereocenters. The van der Waals surface area contributed by atoms with E-state index < -0.39 is 18.1 Å². The predicted octanol–water partition coefficient (Wildman–Crippen LogP) is 2.10. The lowest BCUT2D eigenvalue weighted by molar-refractivity contribution is -0.139. The quantitative estimate of drug-likeness (QED) is 0.804. The molecule has 1 saturated heterocycles. The van der Waals surface area contributed by atoms with Crippen LogP contribution in [-0.2, 0) is 16.1 Å². The van der Waals surface area contributed by atoms with Crippen molar-refractivity contribution in [2.24, 2.45) is 5.92 Å². The first-order chi connectivity index (χ1) is 11.0. The number of hydrogen-bond donors (Lipinski definition) is 2. The number of benzene rings is 1. The van der Waals surface area contributed by atoms with Gasteiger partial charge in [0.2, 0.25) is 0 Å². The smallest absolute Gasteiger partial charge is 0.408 e. The summed E-state index contributed by atoms with van der Waals surface area (Å²) in [5, 5.41) is 11.7. The maximum atomic E-state index is 11.8. The minimum absolute atomic E-state index is 0.128. The number of rotatable bonds is 7. The van der Waals surface area contributed by atoms with Crippen LogP contribution in [0.15, 0.2) is 30.3 Å². The number of carboxylic acid groups (broad SMARTS) is 1. The number of carboxylic acids is 1. The third-order valence-corrected chi connectivity index (χ3v) is 4.04. The molecule has 0 aliphatic carbocycles. The Morgan fingerprint density at radius 1 is 1.39 bits per heavy atom. The van der Waals surface area contributed by atoms with Crippen LogP contribution in [0.3, 0.4) is 0 Å². The van der Waals surface area contributed by atoms with Crippen LogP contribution in [0.25, 0.3) is 0 Å². The number of amides is 1. The highest BCUT2D eigenvalue weighted by atomic mass is 16.5. The molecule has 1 aromatic rings. The Kier molecular flexibility index (Phi) is 6.40. The van der Waals surface area contributed by atoms with Crippen molar-refractivity contribution in [3.63, 3.8) is 0 Å². The second-order valence-corrected chi connectivity index (χ2v) is 6.08. The van der Waals surface area contributed by atoms with E-state index in [1.54, 1.807) is 0 Å². The molecule has 1 aromatic carbocycles. The van der Waals surface area contributed by atoms with Gasteiger partial charge in [-0.15, -0.1) is 0 Å². The van der Waals surface area contributed by atoms with Crippen LogP contribution in [-0.4, -0.2) is 47.7 Å². The number of ether oxygens (including phenoxy) is 1. The lowest BCUT2D eigenvalue weighted by Gasteiger charge is -2.19. The number of carbonyl (C=O) groups is 2. The van der Waals surface area contributed by atoms with E-state index in [1.165, 1.54) is 0 Å². The van der Waals surface area contributed by atoms with E-state index in [1.807, 2.05) is 30.3 Å². The second kappa shape index (κ2) is 8.53. The molecule has 23 heavy (non-hydrogen) atoms. The van der Waals surface area contributed by atoms with Gasteiger partial charge in [0.25, 0.3) is 0 Å². The van der Waals surface area contributed by atoms with Gasteiger partial charge in [-0.25, -0.2) is 9.59 Å². The Labute approximate surface area is 136 Å². The lowest BCUT2D eigenvalue weighted by Crippen LogP contribution is -2.43. The van der Waals surface area contributed by atoms with Crippen LogP contribution in [0.5, 0.6) is 0 Å². The summed E-state index contributed by atoms with van der Waals surface area (Å²) in [6, 6.07) is 8.35. The summed E-state index contributed by atoms with van der Waals surface area (Å²) >= 11 is 0. The molecule has 2 rings (SSSR count). The van der Waals surface area contributed by atoms with Crippen molar-refractivity contribution in [3.8, 4) is 0 Å². The van der Waals surface area contributed by atoms with Crippen LogP contribution >= 0.6 is 0 Å². The fourth-order valence-electron chi connectivity index (χ4n) is 2.71. The van der Waals surface area contributed by atoms with Gasteiger partial charge in [0.1, 0.15) is 12.6 Å². The van der Waals surface area contributed by atoms with Gasteiger partial charge in [0, 0.05) is 13.1 Å². The summed E-state index contributed by atoms with van der Waals surface area (Å²) in [7, 11) is 0. The first-order valence-electron chi connectivity index (χ1n) is 7.97. The van der Waals surface area contributed by atoms with E-state index in [0.717, 1.165) is 25.1 Å². The van der Waals surface area contributed by atoms with Crippen LogP contribution in [0, 0.1) is 5.92 Å². The average Bonchev–Trinajstić information content (AvgIpc) is 2.95. The molecule has 1 fully saturated rings. The summed E-state index contributed by atoms with van der Waals surface area (Å²) in [6.45, 7) is 4.97. The monoisotopic (exact) mass is 320 g/mol. The summed E-state index contributed by atoms with van der Waals surface area (Å²) in [5.74, 6) is -0.379. The van der Waals surface area contributed by atoms with Gasteiger partial charge < -0.3 is 20.1 Å². The standard InChI is InChI=1S/C17H24N2O4/c1-13-7-9-19(11-13)10-8-15(16(20)21)18-17(22)23-12-14-5-3-2-4-6-14/h2-6,13,15H,7-12H2,1H3,(H,18,22)(H,20,21). The van der Waals surface area contributed by atoms with E-state index in [-0.39, 0.29) is 6.61 Å². The molecule has 1 aliphatic rings. The molecule has 2 N–H and O–H groups in total. The molecule has 0 spiro atoms. The summed E-state index contributed by atoms with van der Waals surface area (Å²) in [5.41, 5.74) is 0.862. The minimum Gasteiger partial charge on any atom is -0.480 e. The number of nitrogens with zero attached hydrogens (tertiary/aromatic N) is 1. The average molecular weight is 320 g/mol. The second-order valence-electron chi connectivity index (χ2n) is 6.08. The summed E-state index contributed by atoms with van der Waals surface area (Å²) < 4.78 is 5.07. The van der Waals surface area contributed by atoms with Crippen molar-refractivity contribution < 1.29 is 19.4 Å². The summed E-state index contributed by atoms with van der Waals surface area (Å²) in [6.07, 6.45) is 0.823. The van der Waals surface area contributed by atoms with E-state index in [9.17, 15) is 14.7 Å². The number of hydrogen-bond acceptors (Lipinski definition) is 4. The van der Waals surface area contributed by atoms with Gasteiger partial charge in [-0.3, -0.25) is 0 Å². The number of aliphatic carboxylic acids is 1. The van der Waals surface area contributed by atoms with E-state index in [4.69, 9.17) is 4.74 Å². The van der Waals surface area contributed by atoms with Crippen LogP contribution in [0.4, 0.5) is 4.79 Å². The summed E-state index contributed by atoms with van der Waals surface area (Å²) in [4.78, 5) is 25.3. The maximum absolute atomic E-state index is 11.8. The predicted molar refractivity (Wildman–Crippen MR) is 86.0 cm³/mol. The van der Waals surface area contributed by atoms with E-state index >= 15 is 0 Å². The van der Waals surface area contributed by atoms with Gasteiger partial charge >= 0.3 is 12.1 Å². The van der Waals surface area contributed by atoms with Crippen molar-refractivity contribution in [1.82, 2.24) is 10.2 Å². The first kappa shape index (κ1) is 17.3. The van der Waals surface area contributed by atoms with Crippen LogP contribution < -0.4 is 5.32 Å². The fraction of sp³-hybridized carbons (Fsp3) is 0.529. The van der Waals surface area contributed by atoms with Gasteiger partial charge in [-0.1, -0.05) is 37.3 Å². The Hall–Kier alpha value is -2.08. The van der Waals surface area contributed by atoms with Crippen LogP contribution in [0.2, 0.25) is 0 Å². The number of nitrogens with one attached hydrogen (secondary N) is 1. The zero-order chi connectivity index (χ0) is 16.7. The molecule has 126 valence electrons. The Morgan fingerprint density at radius 3 is 2.74 bits per heavy atom. The van der Waals surface area contributed by atoms with Crippen molar-refractivity contribution in [1.29, 1.82) is 0 Å². The molecular weight excluding hydrogens is 296 g/mol. The highest BCUT2D eigenvalue weighted by molar-refractivity contribution is 5.79. The normalized spacial score (nSPS) is 19.3. The molecule has 0 aromatic heterocycles. The van der Waals surface area contributed by atoms with Crippen LogP contribution in [0.1, 0.15) is 25.3 Å². The highest BCUT2D eigenvalue weighted by Crippen LogP contribution is 2.15. The van der Waals surface area contributed by atoms with Gasteiger partial charge in [-0.05, 0) is 30.9 Å². The number of carbonyl (C=O) groups excluding carboxylic acids is 1. The SMILES string of the molecule is CC1CCN(CCC(NC(=O)OCc2ccccc2)C(=O)O)C1. The third kappa shape index (κ3) is 5.90. The highest BCUT2D eigenvalue weighted by Gasteiger charge is 2.24. The van der Waals surface area contributed by atoms with Gasteiger partial charge in [0.15, 0.2) is 0 Å². The Balaban J connectivity index is 1.74. The molecule has 1 heterocycles. The topological polar surface area (TPSA) is 78.9 Å². The van der Waals surface area contributed by atoms with Crippen molar-refractivity contribution in [2.75, 3.05) is 19.6 Å². The molecule has 0 bridgehead atoms. The zero-order valence-corrected chi connectivity index (χ0v) is 13.4. The zero-order valence-electron chi connectivity index (χ0n) is 13.4. The minimum atomic E-state index is -1.03.